The Bertz CT molecular complexity index is 715. The van der Waals surface area contributed by atoms with Crippen molar-refractivity contribution in [3.05, 3.63) is 28.5 Å². The van der Waals surface area contributed by atoms with E-state index in [9.17, 15) is 4.79 Å². The standard InChI is InChI=1S/C17H23N3O2S.2ClH/c1-10-6-7-14(22-10)16-19-12(3)15(23-16)17(21)20-8-4-5-13(9-20)11(2)18;;/h6-7,11,13H,4-5,8-9,18H2,1-3H3;2*1H. The Morgan fingerprint density at radius 3 is 2.72 bits per heavy atom. The highest BCUT2D eigenvalue weighted by Gasteiger charge is 2.29. The number of thiazole rings is 1. The first-order valence-electron chi connectivity index (χ1n) is 8.05. The minimum atomic E-state index is 0. The zero-order valence-electron chi connectivity index (χ0n) is 14.7. The summed E-state index contributed by atoms with van der Waals surface area (Å²) >= 11 is 1.41. The van der Waals surface area contributed by atoms with Crippen LogP contribution in [0, 0.1) is 19.8 Å². The number of carbonyl (C=O) groups excluding carboxylic acids is 1. The number of nitrogens with zero attached hydrogens (tertiary/aromatic N) is 2. The molecule has 8 heteroatoms. The number of amides is 1. The van der Waals surface area contributed by atoms with Gasteiger partial charge in [-0.1, -0.05) is 0 Å². The van der Waals surface area contributed by atoms with Crippen molar-refractivity contribution >= 4 is 42.1 Å². The number of halogens is 2. The maximum Gasteiger partial charge on any atom is 0.265 e. The van der Waals surface area contributed by atoms with Gasteiger partial charge in [0.1, 0.15) is 10.6 Å². The van der Waals surface area contributed by atoms with Crippen LogP contribution in [0.3, 0.4) is 0 Å². The monoisotopic (exact) mass is 405 g/mol. The van der Waals surface area contributed by atoms with E-state index in [0.29, 0.717) is 10.8 Å². The maximum atomic E-state index is 12.9. The lowest BCUT2D eigenvalue weighted by Gasteiger charge is -2.34. The summed E-state index contributed by atoms with van der Waals surface area (Å²) in [5.74, 6) is 2.02. The Morgan fingerprint density at radius 2 is 2.12 bits per heavy atom. The Morgan fingerprint density at radius 1 is 1.40 bits per heavy atom. The van der Waals surface area contributed by atoms with Gasteiger partial charge in [0.15, 0.2) is 10.8 Å². The second kappa shape index (κ2) is 9.03. The van der Waals surface area contributed by atoms with E-state index in [1.165, 1.54) is 11.3 Å². The van der Waals surface area contributed by atoms with Crippen LogP contribution in [0.1, 0.15) is 40.9 Å². The van der Waals surface area contributed by atoms with Gasteiger partial charge in [-0.3, -0.25) is 4.79 Å². The zero-order valence-corrected chi connectivity index (χ0v) is 17.1. The molecule has 2 aromatic rings. The van der Waals surface area contributed by atoms with Gasteiger partial charge >= 0.3 is 0 Å². The average Bonchev–Trinajstić information content (AvgIpc) is 3.12. The minimum absolute atomic E-state index is 0. The van der Waals surface area contributed by atoms with E-state index in [4.69, 9.17) is 10.2 Å². The van der Waals surface area contributed by atoms with Gasteiger partial charge in [-0.05, 0) is 51.7 Å². The van der Waals surface area contributed by atoms with Crippen LogP contribution in [-0.2, 0) is 0 Å². The highest BCUT2D eigenvalue weighted by Crippen LogP contribution is 2.31. The van der Waals surface area contributed by atoms with Crippen LogP contribution >= 0.6 is 36.2 Å². The van der Waals surface area contributed by atoms with Crippen molar-refractivity contribution in [3.8, 4) is 10.8 Å². The summed E-state index contributed by atoms with van der Waals surface area (Å²) in [5, 5.41) is 0.764. The molecule has 0 saturated carbocycles. The summed E-state index contributed by atoms with van der Waals surface area (Å²) in [6.45, 7) is 7.35. The Balaban J connectivity index is 0.00000156. The van der Waals surface area contributed by atoms with Crippen LogP contribution < -0.4 is 5.73 Å². The number of rotatable bonds is 3. The smallest absolute Gasteiger partial charge is 0.265 e. The van der Waals surface area contributed by atoms with E-state index >= 15 is 0 Å². The molecule has 5 nitrogen and oxygen atoms in total. The van der Waals surface area contributed by atoms with Gasteiger partial charge in [0.05, 0.1) is 5.69 Å². The molecule has 1 aliphatic heterocycles. The summed E-state index contributed by atoms with van der Waals surface area (Å²) in [6.07, 6.45) is 2.11. The topological polar surface area (TPSA) is 72.4 Å². The van der Waals surface area contributed by atoms with Gasteiger partial charge in [0, 0.05) is 19.1 Å². The first kappa shape index (κ1) is 22.0. The lowest BCUT2D eigenvalue weighted by Crippen LogP contribution is -2.45. The fourth-order valence-corrected chi connectivity index (χ4v) is 4.01. The van der Waals surface area contributed by atoms with E-state index in [1.54, 1.807) is 0 Å². The Kier molecular flexibility index (Phi) is 7.93. The summed E-state index contributed by atoms with van der Waals surface area (Å²) in [6, 6.07) is 3.93. The molecule has 3 rings (SSSR count). The molecule has 2 atom stereocenters. The number of aromatic nitrogens is 1. The average molecular weight is 406 g/mol. The van der Waals surface area contributed by atoms with Crippen molar-refractivity contribution in [2.45, 2.75) is 39.7 Å². The number of aryl methyl sites for hydroxylation is 2. The first-order chi connectivity index (χ1) is 11.0. The third-order valence-corrected chi connectivity index (χ3v) is 5.59. The van der Waals surface area contributed by atoms with Crippen molar-refractivity contribution in [2.24, 2.45) is 11.7 Å². The lowest BCUT2D eigenvalue weighted by molar-refractivity contribution is 0.0665. The quantitative estimate of drug-likeness (QED) is 0.834. The van der Waals surface area contributed by atoms with Crippen LogP contribution in [0.4, 0.5) is 0 Å². The van der Waals surface area contributed by atoms with Gasteiger partial charge in [0.25, 0.3) is 5.91 Å². The van der Waals surface area contributed by atoms with E-state index in [2.05, 4.69) is 4.98 Å². The molecule has 1 aliphatic rings. The van der Waals surface area contributed by atoms with Crippen LogP contribution in [0.5, 0.6) is 0 Å². The molecule has 2 N–H and O–H groups in total. The van der Waals surface area contributed by atoms with Crippen molar-refractivity contribution in [3.63, 3.8) is 0 Å². The van der Waals surface area contributed by atoms with Crippen molar-refractivity contribution in [2.75, 3.05) is 13.1 Å². The lowest BCUT2D eigenvalue weighted by atomic mass is 9.92. The second-order valence-corrected chi connectivity index (χ2v) is 7.36. The third kappa shape index (κ3) is 4.76. The zero-order chi connectivity index (χ0) is 16.6. The Labute approximate surface area is 164 Å². The second-order valence-electron chi connectivity index (χ2n) is 6.36. The number of carbonyl (C=O) groups is 1. The molecule has 2 aromatic heterocycles. The maximum absolute atomic E-state index is 12.9. The molecule has 0 aliphatic carbocycles. The molecule has 0 radical (unpaired) electrons. The highest BCUT2D eigenvalue weighted by molar-refractivity contribution is 7.17. The van der Waals surface area contributed by atoms with Crippen molar-refractivity contribution in [1.29, 1.82) is 0 Å². The van der Waals surface area contributed by atoms with Gasteiger partial charge < -0.3 is 15.1 Å². The molecule has 1 saturated heterocycles. The summed E-state index contributed by atoms with van der Waals surface area (Å²) < 4.78 is 5.62. The number of nitrogens with two attached hydrogens (primary N) is 1. The van der Waals surface area contributed by atoms with Crippen LogP contribution in [-0.4, -0.2) is 34.9 Å². The predicted octanol–water partition coefficient (Wildman–Crippen LogP) is 4.06. The van der Waals surface area contributed by atoms with Crippen LogP contribution in [0.25, 0.3) is 10.8 Å². The van der Waals surface area contributed by atoms with E-state index < -0.39 is 0 Å². The summed E-state index contributed by atoms with van der Waals surface area (Å²) in [5.41, 5.74) is 6.79. The normalized spacial score (nSPS) is 18.2. The van der Waals surface area contributed by atoms with Gasteiger partial charge in [-0.25, -0.2) is 4.98 Å². The Hall–Kier alpha value is -1.08. The van der Waals surface area contributed by atoms with Crippen LogP contribution in [0.15, 0.2) is 16.5 Å². The van der Waals surface area contributed by atoms with Gasteiger partial charge in [-0.15, -0.1) is 36.2 Å². The molecule has 3 heterocycles. The number of likely N-dealkylation sites (tertiary alicyclic amines) is 1. The van der Waals surface area contributed by atoms with Gasteiger partial charge in [0.2, 0.25) is 0 Å². The minimum Gasteiger partial charge on any atom is -0.459 e. The van der Waals surface area contributed by atoms with Gasteiger partial charge in [-0.2, -0.15) is 0 Å². The molecule has 1 fully saturated rings. The first-order valence-corrected chi connectivity index (χ1v) is 8.86. The number of furan rings is 1. The molecule has 25 heavy (non-hydrogen) atoms. The van der Waals surface area contributed by atoms with Crippen LogP contribution in [0.2, 0.25) is 0 Å². The number of hydrogen-bond acceptors (Lipinski definition) is 5. The highest BCUT2D eigenvalue weighted by atomic mass is 35.5. The third-order valence-electron chi connectivity index (χ3n) is 4.43. The number of hydrogen-bond donors (Lipinski definition) is 1. The molecule has 0 aromatic carbocycles. The summed E-state index contributed by atoms with van der Waals surface area (Å²) in [4.78, 5) is 20.0. The van der Waals surface area contributed by atoms with E-state index in [-0.39, 0.29) is 36.8 Å². The predicted molar refractivity (Wildman–Crippen MR) is 106 cm³/mol. The summed E-state index contributed by atoms with van der Waals surface area (Å²) in [7, 11) is 0. The largest absolute Gasteiger partial charge is 0.459 e. The molecule has 0 spiro atoms. The number of piperidine rings is 1. The van der Waals surface area contributed by atoms with Crippen molar-refractivity contribution in [1.82, 2.24) is 9.88 Å². The molecule has 1 amide bonds. The molecular formula is C17H25Cl2N3O2S. The SMILES string of the molecule is Cc1ccc(-c2nc(C)c(C(=O)N3CCCC(C(C)N)C3)s2)o1.Cl.Cl. The van der Waals surface area contributed by atoms with E-state index in [1.807, 2.05) is 37.8 Å². The van der Waals surface area contributed by atoms with Crippen molar-refractivity contribution < 1.29 is 9.21 Å². The molecule has 0 bridgehead atoms. The molecule has 2 unspecified atom stereocenters. The fraction of sp³-hybridized carbons (Fsp3) is 0.529. The molecular weight excluding hydrogens is 381 g/mol. The van der Waals surface area contributed by atoms with E-state index in [0.717, 1.165) is 48.2 Å². The molecule has 140 valence electrons. The fourth-order valence-electron chi connectivity index (χ4n) is 3.02.